The van der Waals surface area contributed by atoms with E-state index in [2.05, 4.69) is 46.6 Å². The van der Waals surface area contributed by atoms with Crippen molar-refractivity contribution in [3.63, 3.8) is 0 Å². The number of aliphatic hydroxyl groups is 1. The molecular weight excluding hydrogens is 829 g/mol. The zero-order valence-electron chi connectivity index (χ0n) is 29.2. The summed E-state index contributed by atoms with van der Waals surface area (Å²) in [7, 11) is 0. The Hall–Kier alpha value is -2.24. The molecule has 1 saturated heterocycles. The number of amides is 4. The summed E-state index contributed by atoms with van der Waals surface area (Å²) in [5, 5.41) is 62.8. The van der Waals surface area contributed by atoms with Crippen LogP contribution in [0.5, 0.6) is 0 Å². The number of rotatable bonds is 23. The van der Waals surface area contributed by atoms with E-state index >= 15 is 0 Å². The Labute approximate surface area is 339 Å². The third-order valence-corrected chi connectivity index (χ3v) is 8.38. The van der Waals surface area contributed by atoms with Crippen LogP contribution < -0.4 is 21.3 Å². The average Bonchev–Trinajstić information content (AvgIpc) is 3.06. The van der Waals surface area contributed by atoms with Crippen molar-refractivity contribution in [3.05, 3.63) is 12.3 Å². The van der Waals surface area contributed by atoms with Gasteiger partial charge in [-0.3, -0.25) is 48.4 Å². The van der Waals surface area contributed by atoms with Crippen LogP contribution in [0.4, 0.5) is 0 Å². The molecule has 1 radical (unpaired) electrons. The summed E-state index contributed by atoms with van der Waals surface area (Å²) in [5.41, 5.74) is 0. The van der Waals surface area contributed by atoms with Crippen molar-refractivity contribution >= 4 is 59.7 Å². The molecule has 1 heterocycles. The van der Waals surface area contributed by atoms with Gasteiger partial charge in [-0.1, -0.05) is 16.7 Å². The molecule has 0 spiro atoms. The van der Waals surface area contributed by atoms with Crippen LogP contribution in [0.15, 0.2) is 12.3 Å². The number of nitrogens with zero attached hydrogens (tertiary/aromatic N) is 4. The summed E-state index contributed by atoms with van der Waals surface area (Å²) >= 11 is 0.923. The summed E-state index contributed by atoms with van der Waals surface area (Å²) in [5.74, 6) is -5.43. The van der Waals surface area contributed by atoms with Gasteiger partial charge in [0.25, 0.3) is 0 Å². The van der Waals surface area contributed by atoms with Crippen molar-refractivity contribution < 1.29 is 106 Å². The second-order valence-electron chi connectivity index (χ2n) is 11.3. The van der Waals surface area contributed by atoms with Gasteiger partial charge in [-0.25, -0.2) is 10.5 Å². The molecule has 0 saturated carbocycles. The number of hydrogen-bond donors (Lipinski definition) is 9. The van der Waals surface area contributed by atoms with Crippen molar-refractivity contribution in [2.24, 2.45) is 0 Å². The number of nitrogens with one attached hydrogen (secondary N) is 4. The summed E-state index contributed by atoms with van der Waals surface area (Å²) in [6.45, 7) is 6.08. The van der Waals surface area contributed by atoms with Crippen LogP contribution >= 0.6 is 24.1 Å². The number of carbonyl (C=O) groups is 6. The first-order valence-electron chi connectivity index (χ1n) is 15.7. The van der Waals surface area contributed by atoms with E-state index in [1.54, 1.807) is 14.7 Å². The van der Waals surface area contributed by atoms with Gasteiger partial charge in [-0.05, 0) is 0 Å². The van der Waals surface area contributed by atoms with Gasteiger partial charge in [0.1, 0.15) is 12.1 Å². The number of carbonyl (C=O) groups excluding carboxylic acids is 4. The molecule has 1 rings (SSSR count). The van der Waals surface area contributed by atoms with E-state index in [1.807, 2.05) is 4.90 Å². The largest absolute Gasteiger partial charge is 0.512 e. The third-order valence-electron chi connectivity index (χ3n) is 7.13. The van der Waals surface area contributed by atoms with Crippen LogP contribution in [0.25, 0.3) is 0 Å². The fraction of sp³-hybridized carbons (Fsp3) is 0.704. The molecule has 53 heavy (non-hydrogen) atoms. The molecule has 301 valence electrons. The maximum atomic E-state index is 13.4. The van der Waals surface area contributed by atoms with Crippen molar-refractivity contribution in [1.82, 2.24) is 40.9 Å². The van der Waals surface area contributed by atoms with Crippen molar-refractivity contribution in [1.29, 1.82) is 0 Å². The van der Waals surface area contributed by atoms with Gasteiger partial charge in [-0.15, -0.1) is 8.67 Å². The van der Waals surface area contributed by atoms with E-state index in [4.69, 9.17) is 10.5 Å². The van der Waals surface area contributed by atoms with Gasteiger partial charge in [0.05, 0.1) is 43.4 Å². The zero-order valence-corrected chi connectivity index (χ0v) is 33.6. The molecule has 23 nitrogen and oxygen atoms in total. The molecule has 0 aliphatic carbocycles. The molecule has 2 unspecified atom stereocenters. The van der Waals surface area contributed by atoms with Crippen LogP contribution in [0.2, 0.25) is 0 Å². The fourth-order valence-corrected chi connectivity index (χ4v) is 5.65. The van der Waals surface area contributed by atoms with Crippen LogP contribution in [0.1, 0.15) is 6.92 Å². The molecule has 1 aliphatic rings. The number of carboxylic acids is 2. The summed E-state index contributed by atoms with van der Waals surface area (Å²) in [6, 6.07) is -2.68. The molecule has 9 N–H and O–H groups in total. The Balaban J connectivity index is 0.0000270. The first kappa shape index (κ1) is 50.8. The second-order valence-corrected chi connectivity index (χ2v) is 12.7. The summed E-state index contributed by atoms with van der Waals surface area (Å²) < 4.78 is 8.70. The van der Waals surface area contributed by atoms with Gasteiger partial charge < -0.3 is 36.6 Å². The molecule has 0 aromatic rings. The van der Waals surface area contributed by atoms with Gasteiger partial charge in [0, 0.05) is 129 Å². The van der Waals surface area contributed by atoms with Crippen LogP contribution in [-0.2, 0) is 80.2 Å². The topological polar surface area (TPSA) is 302 Å². The quantitative estimate of drug-likeness (QED) is 0.0161. The molecule has 2 atom stereocenters. The SMILES string of the molecule is C=C(O)CN1CCN(CC(=O)O)CCN(CC(=O)NC(CSOOO)C(=O)NC(CSOOO)C(=O)NCCNC(C)=O)CCN(CC(=O)O)CC1.[Y]. The minimum Gasteiger partial charge on any atom is -0.512 e. The van der Waals surface area contributed by atoms with Crippen LogP contribution in [-0.4, -0.2) is 196 Å². The summed E-state index contributed by atoms with van der Waals surface area (Å²) in [4.78, 5) is 80.6. The third kappa shape index (κ3) is 25.5. The van der Waals surface area contributed by atoms with Crippen molar-refractivity contribution in [2.45, 2.75) is 19.0 Å². The molecular formula is C27H48N8O15S2Y. The van der Waals surface area contributed by atoms with Crippen molar-refractivity contribution in [3.8, 4) is 0 Å². The Bertz CT molecular complexity index is 1140. The average molecular weight is 878 g/mol. The Morgan fingerprint density at radius 1 is 0.642 bits per heavy atom. The predicted octanol–water partition coefficient (Wildman–Crippen LogP) is -3.19. The molecule has 26 heteroatoms. The smallest absolute Gasteiger partial charge is 0.317 e. The van der Waals surface area contributed by atoms with Crippen LogP contribution in [0.3, 0.4) is 0 Å². The normalized spacial score (nSPS) is 16.4. The van der Waals surface area contributed by atoms with E-state index in [1.165, 1.54) is 6.92 Å². The maximum Gasteiger partial charge on any atom is 0.317 e. The van der Waals surface area contributed by atoms with E-state index in [0.29, 0.717) is 37.2 Å². The van der Waals surface area contributed by atoms with Gasteiger partial charge in [0.2, 0.25) is 23.6 Å². The van der Waals surface area contributed by atoms with Gasteiger partial charge >= 0.3 is 11.9 Å². The monoisotopic (exact) mass is 877 g/mol. The molecule has 0 aromatic heterocycles. The minimum absolute atomic E-state index is 0. The number of hydrogen-bond acceptors (Lipinski definition) is 19. The van der Waals surface area contributed by atoms with Gasteiger partial charge in [0.15, 0.2) is 0 Å². The molecule has 0 bridgehead atoms. The zero-order chi connectivity index (χ0) is 38.9. The summed E-state index contributed by atoms with van der Waals surface area (Å²) in [6.07, 6.45) is 0. The fourth-order valence-electron chi connectivity index (χ4n) is 4.72. The van der Waals surface area contributed by atoms with E-state index in [9.17, 15) is 44.1 Å². The first-order valence-corrected chi connectivity index (χ1v) is 17.6. The van der Waals surface area contributed by atoms with E-state index < -0.39 is 41.7 Å². The van der Waals surface area contributed by atoms with Crippen molar-refractivity contribution in [2.75, 3.05) is 103 Å². The standard InChI is InChI=1S/C27H48N8O15S2.Y/c1-19(36)13-32-5-9-34(15-24(39)40)11-7-33(8-12-35(10-6-32)16-25(41)42)14-23(38)30-22(18-52-50-48-46)27(44)31-21(17-51-49-47-45)26(43)29-4-3-28-20(2)37;/h21-22,36,45-46H,1,3-18H2,2H3,(H,28,37)(H,29,43)(H,30,38)(H,31,44)(H,39,40)(H,41,42);. The first-order chi connectivity index (χ1) is 24.7. The van der Waals surface area contributed by atoms with E-state index in [0.717, 1.165) is 0 Å². The Morgan fingerprint density at radius 3 is 1.43 bits per heavy atom. The van der Waals surface area contributed by atoms with Gasteiger partial charge in [-0.2, -0.15) is 0 Å². The van der Waals surface area contributed by atoms with Crippen LogP contribution in [0, 0.1) is 0 Å². The van der Waals surface area contributed by atoms with E-state index in [-0.39, 0.29) is 134 Å². The predicted molar refractivity (Wildman–Crippen MR) is 183 cm³/mol. The maximum absolute atomic E-state index is 13.4. The molecule has 0 aromatic carbocycles. The Morgan fingerprint density at radius 2 is 1.04 bits per heavy atom. The molecule has 1 aliphatic heterocycles. The number of aliphatic carboxylic acids is 2. The minimum atomic E-state index is -1.38. The molecule has 1 fully saturated rings. The number of aliphatic hydroxyl groups excluding tert-OH is 1. The second kappa shape index (κ2) is 30.0. The Kier molecular flexibility index (Phi) is 28.8. The number of carboxylic acid groups (broad SMARTS) is 2. The molecule has 4 amide bonds.